The van der Waals surface area contributed by atoms with Gasteiger partial charge >= 0.3 is 0 Å². The third-order valence-corrected chi connectivity index (χ3v) is 2.14. The highest BCUT2D eigenvalue weighted by molar-refractivity contribution is 5.97. The van der Waals surface area contributed by atoms with Crippen molar-refractivity contribution in [1.29, 1.82) is 0 Å². The number of hydrogen-bond acceptors (Lipinski definition) is 2. The van der Waals surface area contributed by atoms with E-state index in [1.807, 2.05) is 31.2 Å². The maximum atomic E-state index is 10.7. The fourth-order valence-corrected chi connectivity index (χ4v) is 1.53. The first-order chi connectivity index (χ1) is 6.33. The third kappa shape index (κ3) is 1.20. The Morgan fingerprint density at radius 3 is 2.92 bits per heavy atom. The van der Waals surface area contributed by atoms with Crippen LogP contribution in [0.3, 0.4) is 0 Å². The molecule has 0 saturated carbocycles. The van der Waals surface area contributed by atoms with E-state index < -0.39 is 0 Å². The Hall–Kier alpha value is -1.70. The number of aromatic nitrogens is 1. The fraction of sp³-hybridized carbons (Fsp3) is 0.0909. The second kappa shape index (κ2) is 2.98. The van der Waals surface area contributed by atoms with Crippen molar-refractivity contribution in [2.75, 3.05) is 0 Å². The molecule has 1 aromatic heterocycles. The van der Waals surface area contributed by atoms with Gasteiger partial charge in [0, 0.05) is 11.6 Å². The number of aldehydes is 1. The van der Waals surface area contributed by atoms with Crippen LogP contribution >= 0.6 is 0 Å². The minimum absolute atomic E-state index is 0.524. The van der Waals surface area contributed by atoms with Crippen LogP contribution in [0.4, 0.5) is 0 Å². The maximum absolute atomic E-state index is 10.7. The molecular formula is C11H9NO. The average molecular weight is 171 g/mol. The third-order valence-electron chi connectivity index (χ3n) is 2.14. The molecule has 0 saturated heterocycles. The number of aryl methyl sites for hydroxylation is 1. The minimum Gasteiger partial charge on any atom is -0.296 e. The summed E-state index contributed by atoms with van der Waals surface area (Å²) in [5, 5.41) is 2.03. The Morgan fingerprint density at radius 1 is 1.31 bits per heavy atom. The molecule has 0 radical (unpaired) electrons. The van der Waals surface area contributed by atoms with Crippen LogP contribution in [0.1, 0.15) is 16.1 Å². The summed E-state index contributed by atoms with van der Waals surface area (Å²) in [5.74, 6) is 0. The minimum atomic E-state index is 0.524. The summed E-state index contributed by atoms with van der Waals surface area (Å²) < 4.78 is 0. The van der Waals surface area contributed by atoms with Crippen LogP contribution in [0.15, 0.2) is 30.5 Å². The Bertz CT molecular complexity index is 457. The molecule has 0 aliphatic heterocycles. The van der Waals surface area contributed by atoms with E-state index in [4.69, 9.17) is 0 Å². The molecule has 0 N–H and O–H groups in total. The van der Waals surface area contributed by atoms with Gasteiger partial charge < -0.3 is 0 Å². The van der Waals surface area contributed by atoms with Crippen molar-refractivity contribution in [3.8, 4) is 0 Å². The van der Waals surface area contributed by atoms with Gasteiger partial charge in [-0.15, -0.1) is 0 Å². The molecule has 64 valence electrons. The monoisotopic (exact) mass is 171 g/mol. The van der Waals surface area contributed by atoms with Gasteiger partial charge in [0.15, 0.2) is 6.29 Å². The van der Waals surface area contributed by atoms with Crippen molar-refractivity contribution in [3.63, 3.8) is 0 Å². The number of rotatable bonds is 1. The fourth-order valence-electron chi connectivity index (χ4n) is 1.53. The van der Waals surface area contributed by atoms with Crippen LogP contribution in [0, 0.1) is 6.92 Å². The highest BCUT2D eigenvalue weighted by Gasteiger charge is 2.02. The number of nitrogens with zero attached hydrogens (tertiary/aromatic N) is 1. The number of pyridine rings is 1. The molecule has 0 aliphatic rings. The molecule has 0 spiro atoms. The Kier molecular flexibility index (Phi) is 1.81. The van der Waals surface area contributed by atoms with E-state index in [-0.39, 0.29) is 0 Å². The molecule has 1 heterocycles. The highest BCUT2D eigenvalue weighted by atomic mass is 16.1. The normalized spacial score (nSPS) is 10.2. The van der Waals surface area contributed by atoms with Crippen molar-refractivity contribution in [3.05, 3.63) is 41.7 Å². The van der Waals surface area contributed by atoms with Crippen LogP contribution in [-0.4, -0.2) is 11.3 Å². The largest absolute Gasteiger partial charge is 0.296 e. The Balaban J connectivity index is 2.94. The summed E-state index contributed by atoms with van der Waals surface area (Å²) in [6.07, 6.45) is 2.46. The van der Waals surface area contributed by atoms with E-state index in [1.165, 1.54) is 0 Å². The van der Waals surface area contributed by atoms with Gasteiger partial charge in [-0.05, 0) is 23.9 Å². The van der Waals surface area contributed by atoms with Gasteiger partial charge in [-0.1, -0.05) is 18.2 Å². The summed E-state index contributed by atoms with van der Waals surface area (Å²) in [4.78, 5) is 14.7. The van der Waals surface area contributed by atoms with Crippen molar-refractivity contribution in [2.24, 2.45) is 0 Å². The molecule has 0 unspecified atom stereocenters. The zero-order valence-electron chi connectivity index (χ0n) is 7.32. The van der Waals surface area contributed by atoms with Crippen molar-refractivity contribution >= 4 is 17.1 Å². The second-order valence-corrected chi connectivity index (χ2v) is 2.99. The zero-order chi connectivity index (χ0) is 9.26. The lowest BCUT2D eigenvalue weighted by Gasteiger charge is -2.02. The molecule has 0 atom stereocenters. The molecule has 13 heavy (non-hydrogen) atoms. The Labute approximate surface area is 76.2 Å². The van der Waals surface area contributed by atoms with Crippen LogP contribution in [-0.2, 0) is 0 Å². The van der Waals surface area contributed by atoms with Gasteiger partial charge in [-0.25, -0.2) is 0 Å². The standard InChI is InChI=1S/C11H9NO/c1-8-3-2-4-9-5-6-12-10(7-13)11(8)9/h2-7H,1H3. The predicted octanol–water partition coefficient (Wildman–Crippen LogP) is 2.36. The first-order valence-corrected chi connectivity index (χ1v) is 4.12. The van der Waals surface area contributed by atoms with Crippen molar-refractivity contribution in [1.82, 2.24) is 4.98 Å². The predicted molar refractivity (Wildman–Crippen MR) is 51.9 cm³/mol. The topological polar surface area (TPSA) is 30.0 Å². The number of carbonyl (C=O) groups excluding carboxylic acids is 1. The van der Waals surface area contributed by atoms with E-state index in [0.717, 1.165) is 22.6 Å². The second-order valence-electron chi connectivity index (χ2n) is 2.99. The van der Waals surface area contributed by atoms with E-state index >= 15 is 0 Å². The summed E-state index contributed by atoms with van der Waals surface area (Å²) in [5.41, 5.74) is 1.61. The lowest BCUT2D eigenvalue weighted by atomic mass is 10.1. The first kappa shape index (κ1) is 7.92. The molecule has 2 aromatic rings. The number of fused-ring (bicyclic) bond motifs is 1. The number of benzene rings is 1. The van der Waals surface area contributed by atoms with E-state index in [2.05, 4.69) is 4.98 Å². The van der Waals surface area contributed by atoms with Crippen LogP contribution < -0.4 is 0 Å². The van der Waals surface area contributed by atoms with Gasteiger partial charge in [0.05, 0.1) is 0 Å². The lowest BCUT2D eigenvalue weighted by Crippen LogP contribution is -1.90. The molecule has 0 fully saturated rings. The number of hydrogen-bond donors (Lipinski definition) is 0. The maximum Gasteiger partial charge on any atom is 0.169 e. The van der Waals surface area contributed by atoms with Crippen LogP contribution in [0.2, 0.25) is 0 Å². The van der Waals surface area contributed by atoms with Gasteiger partial charge in [0.25, 0.3) is 0 Å². The van der Waals surface area contributed by atoms with Crippen molar-refractivity contribution in [2.45, 2.75) is 6.92 Å². The van der Waals surface area contributed by atoms with Crippen LogP contribution in [0.5, 0.6) is 0 Å². The molecule has 2 heteroatoms. The van der Waals surface area contributed by atoms with Gasteiger partial charge in [-0.3, -0.25) is 9.78 Å². The molecule has 1 aromatic carbocycles. The highest BCUT2D eigenvalue weighted by Crippen LogP contribution is 2.19. The van der Waals surface area contributed by atoms with Gasteiger partial charge in [-0.2, -0.15) is 0 Å². The van der Waals surface area contributed by atoms with E-state index in [9.17, 15) is 4.79 Å². The molecule has 0 aliphatic carbocycles. The SMILES string of the molecule is Cc1cccc2ccnc(C=O)c12. The summed E-state index contributed by atoms with van der Waals surface area (Å²) in [6, 6.07) is 7.86. The molecule has 2 rings (SSSR count). The van der Waals surface area contributed by atoms with Crippen molar-refractivity contribution < 1.29 is 4.79 Å². The van der Waals surface area contributed by atoms with Gasteiger partial charge in [0.1, 0.15) is 5.69 Å². The Morgan fingerprint density at radius 2 is 2.15 bits per heavy atom. The molecule has 0 amide bonds. The molecule has 0 bridgehead atoms. The molecular weight excluding hydrogens is 162 g/mol. The first-order valence-electron chi connectivity index (χ1n) is 4.12. The van der Waals surface area contributed by atoms with E-state index in [0.29, 0.717) is 5.69 Å². The lowest BCUT2D eigenvalue weighted by molar-refractivity contribution is 0.112. The summed E-state index contributed by atoms with van der Waals surface area (Å²) in [7, 11) is 0. The summed E-state index contributed by atoms with van der Waals surface area (Å²) >= 11 is 0. The zero-order valence-corrected chi connectivity index (χ0v) is 7.32. The molecule has 2 nitrogen and oxygen atoms in total. The quantitative estimate of drug-likeness (QED) is 0.616. The number of carbonyl (C=O) groups is 1. The van der Waals surface area contributed by atoms with E-state index in [1.54, 1.807) is 6.20 Å². The van der Waals surface area contributed by atoms with Gasteiger partial charge in [0.2, 0.25) is 0 Å². The van der Waals surface area contributed by atoms with Crippen LogP contribution in [0.25, 0.3) is 10.8 Å². The average Bonchev–Trinajstić information content (AvgIpc) is 2.17. The smallest absolute Gasteiger partial charge is 0.169 e. The summed E-state index contributed by atoms with van der Waals surface area (Å²) in [6.45, 7) is 1.98.